The minimum atomic E-state index is -1.82. The molecule has 5 nitrogen and oxygen atoms in total. The third kappa shape index (κ3) is 3.54. The van der Waals surface area contributed by atoms with Crippen LogP contribution in [0.5, 0.6) is 0 Å². The van der Waals surface area contributed by atoms with Crippen LogP contribution in [0.15, 0.2) is 35.9 Å². The van der Waals surface area contributed by atoms with E-state index < -0.39 is 11.9 Å². The predicted octanol–water partition coefficient (Wildman–Crippen LogP) is 2.13. The monoisotopic (exact) mass is 303 g/mol. The van der Waals surface area contributed by atoms with Gasteiger partial charge in [-0.3, -0.25) is 4.90 Å². The average Bonchev–Trinajstić information content (AvgIpc) is 2.47. The molecule has 2 aliphatic rings. The number of carboxylic acid groups (broad SMARTS) is 2. The Hall–Kier alpha value is -2.14. The van der Waals surface area contributed by atoms with E-state index >= 15 is 0 Å². The standard InChI is InChI=1S/C15H19N.C2H2O4/c1-11-9-14-13-6-4-3-5-12(13)7-8-15(14)16(2)10-11;3-1(4)2(5)6/h3-6,9,14-15H,7-8,10H2,1-2H3;(H,3,4)(H,5,6)/t14-,15-;/m1./s1. The minimum absolute atomic E-state index is 0.628. The second-order valence-corrected chi connectivity index (χ2v) is 5.87. The molecule has 0 saturated heterocycles. The molecule has 2 N–H and O–H groups in total. The first-order chi connectivity index (χ1) is 10.4. The lowest BCUT2D eigenvalue weighted by molar-refractivity contribution is -0.159. The van der Waals surface area contributed by atoms with Crippen molar-refractivity contribution < 1.29 is 19.8 Å². The van der Waals surface area contributed by atoms with E-state index in [2.05, 4.69) is 49.2 Å². The van der Waals surface area contributed by atoms with Gasteiger partial charge in [-0.25, -0.2) is 9.59 Å². The normalized spacial score (nSPS) is 23.3. The van der Waals surface area contributed by atoms with Gasteiger partial charge in [-0.05, 0) is 37.9 Å². The average molecular weight is 303 g/mol. The summed E-state index contributed by atoms with van der Waals surface area (Å²) in [5, 5.41) is 14.8. The number of aryl methyl sites for hydroxylation is 1. The molecule has 22 heavy (non-hydrogen) atoms. The molecule has 1 heterocycles. The van der Waals surface area contributed by atoms with Crippen molar-refractivity contribution in [2.75, 3.05) is 13.6 Å². The number of aliphatic carboxylic acids is 2. The number of hydrogen-bond donors (Lipinski definition) is 2. The zero-order valence-corrected chi connectivity index (χ0v) is 12.8. The molecular formula is C17H21NO4. The Labute approximate surface area is 129 Å². The van der Waals surface area contributed by atoms with Gasteiger partial charge in [-0.15, -0.1) is 0 Å². The van der Waals surface area contributed by atoms with Gasteiger partial charge in [0.1, 0.15) is 0 Å². The van der Waals surface area contributed by atoms with Gasteiger partial charge in [0, 0.05) is 18.5 Å². The number of carbonyl (C=O) groups is 2. The molecule has 0 radical (unpaired) electrons. The molecule has 5 heteroatoms. The molecule has 1 aliphatic carbocycles. The van der Waals surface area contributed by atoms with Crippen LogP contribution in [-0.2, 0) is 16.0 Å². The lowest BCUT2D eigenvalue weighted by Gasteiger charge is -2.41. The van der Waals surface area contributed by atoms with Gasteiger partial charge in [0.2, 0.25) is 0 Å². The fourth-order valence-corrected chi connectivity index (χ4v) is 3.34. The summed E-state index contributed by atoms with van der Waals surface area (Å²) in [4.78, 5) is 20.7. The lowest BCUT2D eigenvalue weighted by atomic mass is 9.76. The van der Waals surface area contributed by atoms with Crippen molar-refractivity contribution in [1.29, 1.82) is 0 Å². The van der Waals surface area contributed by atoms with Gasteiger partial charge in [0.05, 0.1) is 0 Å². The zero-order valence-electron chi connectivity index (χ0n) is 12.8. The molecule has 3 rings (SSSR count). The molecule has 118 valence electrons. The molecular weight excluding hydrogens is 282 g/mol. The topological polar surface area (TPSA) is 77.8 Å². The maximum atomic E-state index is 9.10. The van der Waals surface area contributed by atoms with Crippen LogP contribution < -0.4 is 0 Å². The number of carboxylic acids is 2. The molecule has 0 unspecified atom stereocenters. The molecule has 0 aromatic heterocycles. The number of benzene rings is 1. The molecule has 2 atom stereocenters. The van der Waals surface area contributed by atoms with Crippen LogP contribution in [0.1, 0.15) is 30.4 Å². The smallest absolute Gasteiger partial charge is 0.414 e. The van der Waals surface area contributed by atoms with Crippen molar-refractivity contribution in [1.82, 2.24) is 4.90 Å². The van der Waals surface area contributed by atoms with Gasteiger partial charge in [0.15, 0.2) is 0 Å². The van der Waals surface area contributed by atoms with E-state index in [1.807, 2.05) is 0 Å². The van der Waals surface area contributed by atoms with E-state index in [0.717, 1.165) is 12.6 Å². The molecule has 0 bridgehead atoms. The molecule has 0 saturated carbocycles. The van der Waals surface area contributed by atoms with E-state index in [9.17, 15) is 0 Å². The number of rotatable bonds is 0. The summed E-state index contributed by atoms with van der Waals surface area (Å²) in [5.41, 5.74) is 4.63. The Morgan fingerprint density at radius 3 is 2.45 bits per heavy atom. The Bertz CT molecular complexity index is 596. The highest BCUT2D eigenvalue weighted by Crippen LogP contribution is 2.38. The molecule has 0 spiro atoms. The van der Waals surface area contributed by atoms with Gasteiger partial charge >= 0.3 is 11.9 Å². The van der Waals surface area contributed by atoms with Crippen molar-refractivity contribution >= 4 is 11.9 Å². The van der Waals surface area contributed by atoms with Gasteiger partial charge < -0.3 is 10.2 Å². The Kier molecular flexibility index (Phi) is 4.98. The highest BCUT2D eigenvalue weighted by Gasteiger charge is 2.33. The Morgan fingerprint density at radius 2 is 1.82 bits per heavy atom. The Morgan fingerprint density at radius 1 is 1.18 bits per heavy atom. The minimum Gasteiger partial charge on any atom is -0.473 e. The SMILES string of the molecule is CC1=C[C@@H]2c3ccccc3CC[C@H]2N(C)C1.O=C(O)C(=O)O. The third-order valence-corrected chi connectivity index (χ3v) is 4.25. The first kappa shape index (κ1) is 16.2. The van der Waals surface area contributed by atoms with E-state index in [0.29, 0.717) is 5.92 Å². The number of likely N-dealkylation sites (N-methyl/N-ethyl adjacent to an activating group) is 1. The van der Waals surface area contributed by atoms with Crippen LogP contribution in [0.3, 0.4) is 0 Å². The van der Waals surface area contributed by atoms with E-state index in [1.165, 1.54) is 18.4 Å². The number of fused-ring (bicyclic) bond motifs is 3. The first-order valence-electron chi connectivity index (χ1n) is 7.31. The van der Waals surface area contributed by atoms with E-state index in [-0.39, 0.29) is 0 Å². The fourth-order valence-electron chi connectivity index (χ4n) is 3.34. The van der Waals surface area contributed by atoms with Crippen LogP contribution in [0, 0.1) is 0 Å². The summed E-state index contributed by atoms with van der Waals surface area (Å²) in [6, 6.07) is 9.68. The van der Waals surface area contributed by atoms with Crippen molar-refractivity contribution in [3.05, 3.63) is 47.0 Å². The van der Waals surface area contributed by atoms with Gasteiger partial charge in [0.25, 0.3) is 0 Å². The quantitative estimate of drug-likeness (QED) is 0.567. The maximum absolute atomic E-state index is 9.10. The van der Waals surface area contributed by atoms with Crippen LogP contribution in [0.4, 0.5) is 0 Å². The third-order valence-electron chi connectivity index (χ3n) is 4.25. The summed E-state index contributed by atoms with van der Waals surface area (Å²) in [7, 11) is 2.27. The molecule has 1 aromatic carbocycles. The highest BCUT2D eigenvalue weighted by molar-refractivity contribution is 6.27. The number of nitrogens with zero attached hydrogens (tertiary/aromatic N) is 1. The van der Waals surface area contributed by atoms with Crippen LogP contribution >= 0.6 is 0 Å². The van der Waals surface area contributed by atoms with Crippen molar-refractivity contribution in [3.63, 3.8) is 0 Å². The zero-order chi connectivity index (χ0) is 16.3. The maximum Gasteiger partial charge on any atom is 0.414 e. The van der Waals surface area contributed by atoms with E-state index in [1.54, 1.807) is 11.1 Å². The second-order valence-electron chi connectivity index (χ2n) is 5.87. The summed E-state index contributed by atoms with van der Waals surface area (Å²) in [6.45, 7) is 3.40. The Balaban J connectivity index is 0.000000254. The van der Waals surface area contributed by atoms with Crippen LogP contribution in [0.2, 0.25) is 0 Å². The summed E-state index contributed by atoms with van der Waals surface area (Å²) in [5.74, 6) is -3.02. The van der Waals surface area contributed by atoms with Crippen LogP contribution in [-0.4, -0.2) is 46.7 Å². The summed E-state index contributed by atoms with van der Waals surface area (Å²) < 4.78 is 0. The van der Waals surface area contributed by atoms with Crippen molar-refractivity contribution in [2.24, 2.45) is 0 Å². The highest BCUT2D eigenvalue weighted by atomic mass is 16.4. The van der Waals surface area contributed by atoms with E-state index in [4.69, 9.17) is 19.8 Å². The molecule has 1 aromatic rings. The largest absolute Gasteiger partial charge is 0.473 e. The van der Waals surface area contributed by atoms with Crippen molar-refractivity contribution in [2.45, 2.75) is 31.7 Å². The number of hydrogen-bond acceptors (Lipinski definition) is 3. The molecule has 1 aliphatic heterocycles. The van der Waals surface area contributed by atoms with Crippen molar-refractivity contribution in [3.8, 4) is 0 Å². The summed E-state index contributed by atoms with van der Waals surface area (Å²) >= 11 is 0. The molecule has 0 fully saturated rings. The summed E-state index contributed by atoms with van der Waals surface area (Å²) in [6.07, 6.45) is 5.04. The van der Waals surface area contributed by atoms with Crippen LogP contribution in [0.25, 0.3) is 0 Å². The van der Waals surface area contributed by atoms with Gasteiger partial charge in [-0.1, -0.05) is 35.9 Å². The predicted molar refractivity (Wildman–Crippen MR) is 83.0 cm³/mol. The fraction of sp³-hybridized carbons (Fsp3) is 0.412. The first-order valence-corrected chi connectivity index (χ1v) is 7.31. The second kappa shape index (κ2) is 6.75. The van der Waals surface area contributed by atoms with Gasteiger partial charge in [-0.2, -0.15) is 0 Å². The molecule has 0 amide bonds. The lowest BCUT2D eigenvalue weighted by Crippen LogP contribution is -2.42.